The van der Waals surface area contributed by atoms with Crippen LogP contribution < -0.4 is 0 Å². The molecule has 0 spiro atoms. The minimum atomic E-state index is -0.717. The van der Waals surface area contributed by atoms with Crippen LogP contribution in [0.4, 0.5) is 0 Å². The Kier molecular flexibility index (Phi) is 3.92. The highest BCUT2D eigenvalue weighted by Gasteiger charge is 2.42. The number of amides is 3. The van der Waals surface area contributed by atoms with Crippen molar-refractivity contribution < 1.29 is 18.8 Å². The molecule has 1 aromatic rings. The lowest BCUT2D eigenvalue weighted by Crippen LogP contribution is -2.45. The fourth-order valence-electron chi connectivity index (χ4n) is 2.31. The Hall–Kier alpha value is -2.11. The van der Waals surface area contributed by atoms with E-state index in [0.29, 0.717) is 18.7 Å². The Morgan fingerprint density at radius 2 is 2.15 bits per heavy atom. The van der Waals surface area contributed by atoms with Crippen LogP contribution in [0, 0.1) is 6.92 Å². The van der Waals surface area contributed by atoms with Crippen molar-refractivity contribution in [1.29, 1.82) is 0 Å². The van der Waals surface area contributed by atoms with Crippen molar-refractivity contribution in [3.05, 3.63) is 23.7 Å². The lowest BCUT2D eigenvalue weighted by Gasteiger charge is -2.25. The van der Waals surface area contributed by atoms with E-state index in [9.17, 15) is 14.4 Å². The predicted octanol–water partition coefficient (Wildman–Crippen LogP) is 1.20. The van der Waals surface area contributed by atoms with E-state index in [2.05, 4.69) is 0 Å². The molecule has 1 aromatic heterocycles. The van der Waals surface area contributed by atoms with E-state index in [1.807, 2.05) is 6.92 Å². The largest absolute Gasteiger partial charge is 0.456 e. The van der Waals surface area contributed by atoms with Gasteiger partial charge in [-0.05, 0) is 25.5 Å². The summed E-state index contributed by atoms with van der Waals surface area (Å²) >= 11 is 0. The molecule has 20 heavy (non-hydrogen) atoms. The molecule has 0 saturated carbocycles. The van der Waals surface area contributed by atoms with Gasteiger partial charge in [-0.2, -0.15) is 0 Å². The van der Waals surface area contributed by atoms with Crippen LogP contribution in [0.25, 0.3) is 0 Å². The third kappa shape index (κ3) is 2.45. The van der Waals surface area contributed by atoms with Crippen LogP contribution in [-0.4, -0.2) is 47.2 Å². The van der Waals surface area contributed by atoms with Gasteiger partial charge in [-0.1, -0.05) is 6.92 Å². The zero-order valence-electron chi connectivity index (χ0n) is 11.9. The van der Waals surface area contributed by atoms with Crippen molar-refractivity contribution in [2.24, 2.45) is 0 Å². The fourth-order valence-corrected chi connectivity index (χ4v) is 2.31. The van der Waals surface area contributed by atoms with Crippen LogP contribution in [0.2, 0.25) is 0 Å². The second kappa shape index (κ2) is 5.48. The molecule has 3 amide bonds. The molecule has 0 N–H and O–H groups in total. The first-order valence-electron chi connectivity index (χ1n) is 6.63. The number of likely N-dealkylation sites (tertiary alicyclic amines) is 1. The first kappa shape index (κ1) is 14.3. The second-order valence-corrected chi connectivity index (χ2v) is 4.92. The highest BCUT2D eigenvalue weighted by molar-refractivity contribution is 6.07. The van der Waals surface area contributed by atoms with Gasteiger partial charge in [0.2, 0.25) is 5.91 Å². The van der Waals surface area contributed by atoms with Crippen molar-refractivity contribution >= 4 is 17.7 Å². The van der Waals surface area contributed by atoms with Gasteiger partial charge in [0.15, 0.2) is 5.76 Å². The fraction of sp³-hybridized carbons (Fsp3) is 0.500. The number of hydrogen-bond acceptors (Lipinski definition) is 4. The van der Waals surface area contributed by atoms with Crippen molar-refractivity contribution in [2.45, 2.75) is 32.7 Å². The molecule has 1 unspecified atom stereocenters. The summed E-state index contributed by atoms with van der Waals surface area (Å²) in [5.74, 6) is -0.104. The van der Waals surface area contributed by atoms with E-state index in [0.717, 1.165) is 4.90 Å². The molecule has 0 bridgehead atoms. The van der Waals surface area contributed by atoms with Gasteiger partial charge in [0.25, 0.3) is 11.8 Å². The molecule has 0 aliphatic carbocycles. The van der Waals surface area contributed by atoms with Gasteiger partial charge in [0, 0.05) is 13.6 Å². The number of imide groups is 1. The average Bonchev–Trinajstić information content (AvgIpc) is 2.95. The monoisotopic (exact) mass is 278 g/mol. The third-order valence-corrected chi connectivity index (χ3v) is 3.41. The highest BCUT2D eigenvalue weighted by atomic mass is 16.3. The van der Waals surface area contributed by atoms with Crippen LogP contribution in [0.3, 0.4) is 0 Å². The first-order chi connectivity index (χ1) is 9.45. The van der Waals surface area contributed by atoms with Crippen LogP contribution in [0.15, 0.2) is 16.5 Å². The quantitative estimate of drug-likeness (QED) is 0.776. The Labute approximate surface area is 117 Å². The average molecular weight is 278 g/mol. The number of rotatable bonds is 4. The first-order valence-corrected chi connectivity index (χ1v) is 6.63. The van der Waals surface area contributed by atoms with Gasteiger partial charge in [0.1, 0.15) is 11.8 Å². The molecule has 2 rings (SSSR count). The standard InChI is InChI=1S/C14H18N2O4/c1-4-7-16(10-8-12(17)15(3)13(10)18)14(19)11-6-5-9(2)20-11/h5-6,10H,4,7-8H2,1-3H3. The topological polar surface area (TPSA) is 70.8 Å². The molecule has 0 aromatic carbocycles. The summed E-state index contributed by atoms with van der Waals surface area (Å²) in [6.45, 7) is 4.08. The normalized spacial score (nSPS) is 18.8. The third-order valence-electron chi connectivity index (χ3n) is 3.41. The van der Waals surface area contributed by atoms with Crippen LogP contribution in [-0.2, 0) is 9.59 Å². The Morgan fingerprint density at radius 3 is 2.60 bits per heavy atom. The van der Waals surface area contributed by atoms with E-state index in [4.69, 9.17) is 4.42 Å². The highest BCUT2D eigenvalue weighted by Crippen LogP contribution is 2.20. The summed E-state index contributed by atoms with van der Waals surface area (Å²) in [7, 11) is 1.44. The van der Waals surface area contributed by atoms with Crippen LogP contribution in [0.5, 0.6) is 0 Å². The smallest absolute Gasteiger partial charge is 0.290 e. The molecular formula is C14H18N2O4. The second-order valence-electron chi connectivity index (χ2n) is 4.92. The lowest BCUT2D eigenvalue weighted by atomic mass is 10.2. The maximum Gasteiger partial charge on any atom is 0.290 e. The Morgan fingerprint density at radius 1 is 1.45 bits per heavy atom. The molecule has 1 fully saturated rings. The summed E-state index contributed by atoms with van der Waals surface area (Å²) in [6, 6.07) is 2.57. The number of furan rings is 1. The molecule has 6 heteroatoms. The predicted molar refractivity (Wildman–Crippen MR) is 71.0 cm³/mol. The molecule has 1 aliphatic heterocycles. The molecule has 1 saturated heterocycles. The van der Waals surface area contributed by atoms with Crippen LogP contribution >= 0.6 is 0 Å². The number of carbonyl (C=O) groups is 3. The zero-order valence-corrected chi connectivity index (χ0v) is 11.9. The van der Waals surface area contributed by atoms with Gasteiger partial charge in [-0.15, -0.1) is 0 Å². The number of carbonyl (C=O) groups excluding carboxylic acids is 3. The van der Waals surface area contributed by atoms with Gasteiger partial charge in [-0.3, -0.25) is 19.3 Å². The molecule has 1 aliphatic rings. The maximum absolute atomic E-state index is 12.4. The summed E-state index contributed by atoms with van der Waals surface area (Å²) in [4.78, 5) is 38.6. The van der Waals surface area contributed by atoms with Gasteiger partial charge >= 0.3 is 0 Å². The maximum atomic E-state index is 12.4. The summed E-state index contributed by atoms with van der Waals surface area (Å²) in [6.07, 6.45) is 0.744. The van der Waals surface area contributed by atoms with Crippen molar-refractivity contribution in [3.8, 4) is 0 Å². The Balaban J connectivity index is 2.25. The lowest BCUT2D eigenvalue weighted by molar-refractivity contribution is -0.137. The van der Waals surface area contributed by atoms with Crippen molar-refractivity contribution in [3.63, 3.8) is 0 Å². The molecule has 2 heterocycles. The summed E-state index contributed by atoms with van der Waals surface area (Å²) in [5.41, 5.74) is 0. The van der Waals surface area contributed by atoms with E-state index in [1.54, 1.807) is 19.1 Å². The number of aryl methyl sites for hydroxylation is 1. The van der Waals surface area contributed by atoms with Crippen molar-refractivity contribution in [1.82, 2.24) is 9.80 Å². The summed E-state index contributed by atoms with van der Waals surface area (Å²) < 4.78 is 5.32. The van der Waals surface area contributed by atoms with Gasteiger partial charge in [0.05, 0.1) is 6.42 Å². The molecular weight excluding hydrogens is 260 g/mol. The Bertz CT molecular complexity index is 549. The van der Waals surface area contributed by atoms with E-state index < -0.39 is 6.04 Å². The van der Waals surface area contributed by atoms with Crippen molar-refractivity contribution in [2.75, 3.05) is 13.6 Å². The number of nitrogens with zero attached hydrogens (tertiary/aromatic N) is 2. The zero-order chi connectivity index (χ0) is 14.9. The van der Waals surface area contributed by atoms with Gasteiger partial charge < -0.3 is 9.32 Å². The van der Waals surface area contributed by atoms with Crippen LogP contribution in [0.1, 0.15) is 36.1 Å². The summed E-state index contributed by atoms with van der Waals surface area (Å²) in [5, 5.41) is 0. The van der Waals surface area contributed by atoms with E-state index in [1.165, 1.54) is 11.9 Å². The van der Waals surface area contributed by atoms with E-state index >= 15 is 0 Å². The van der Waals surface area contributed by atoms with Gasteiger partial charge in [-0.25, -0.2) is 0 Å². The van der Waals surface area contributed by atoms with E-state index in [-0.39, 0.29) is 29.9 Å². The number of hydrogen-bond donors (Lipinski definition) is 0. The minimum absolute atomic E-state index is 0.0424. The SMILES string of the molecule is CCCN(C(=O)c1ccc(C)o1)C1CC(=O)N(C)C1=O. The number of likely N-dealkylation sites (N-methyl/N-ethyl adjacent to an activating group) is 1. The molecule has 108 valence electrons. The molecule has 6 nitrogen and oxygen atoms in total. The molecule has 0 radical (unpaired) electrons. The molecule has 1 atom stereocenters. The minimum Gasteiger partial charge on any atom is -0.456 e.